The van der Waals surface area contributed by atoms with Gasteiger partial charge in [0.1, 0.15) is 6.04 Å². The average molecular weight is 186 g/mol. The van der Waals surface area contributed by atoms with Crippen molar-refractivity contribution in [2.75, 3.05) is 13.6 Å². The van der Waals surface area contributed by atoms with Gasteiger partial charge in [0.05, 0.1) is 0 Å². The van der Waals surface area contributed by atoms with E-state index in [1.54, 1.807) is 13.1 Å². The summed E-state index contributed by atoms with van der Waals surface area (Å²) in [4.78, 5) is 22.9. The smallest absolute Gasteiger partial charge is 0.325 e. The van der Waals surface area contributed by atoms with Gasteiger partial charge >= 0.3 is 12.0 Å². The molecule has 0 bridgehead atoms. The fourth-order valence-electron chi connectivity index (χ4n) is 0.634. The molecule has 0 aromatic rings. The van der Waals surface area contributed by atoms with Gasteiger partial charge in [0, 0.05) is 13.6 Å². The van der Waals surface area contributed by atoms with E-state index in [1.165, 1.54) is 11.8 Å². The summed E-state index contributed by atoms with van der Waals surface area (Å²) in [7, 11) is 1.56. The fourth-order valence-corrected chi connectivity index (χ4v) is 0.634. The van der Waals surface area contributed by atoms with Crippen LogP contribution in [0.15, 0.2) is 12.7 Å². The minimum Gasteiger partial charge on any atom is -0.480 e. The number of nitrogens with one attached hydrogen (secondary N) is 1. The van der Waals surface area contributed by atoms with E-state index in [-0.39, 0.29) is 0 Å². The van der Waals surface area contributed by atoms with Crippen molar-refractivity contribution in [3.63, 3.8) is 0 Å². The Morgan fingerprint density at radius 3 is 2.62 bits per heavy atom. The molecule has 0 fully saturated rings. The minimum atomic E-state index is -1.06. The second-order valence-electron chi connectivity index (χ2n) is 2.68. The average Bonchev–Trinajstić information content (AvgIpc) is 2.04. The third kappa shape index (κ3) is 4.15. The number of carbonyl (C=O) groups excluding carboxylic acids is 1. The van der Waals surface area contributed by atoms with Crippen LogP contribution in [0.2, 0.25) is 0 Å². The second-order valence-corrected chi connectivity index (χ2v) is 2.68. The van der Waals surface area contributed by atoms with E-state index in [0.29, 0.717) is 6.54 Å². The summed E-state index contributed by atoms with van der Waals surface area (Å²) in [6, 6.07) is -1.30. The van der Waals surface area contributed by atoms with E-state index in [4.69, 9.17) is 5.11 Å². The van der Waals surface area contributed by atoms with Crippen LogP contribution in [-0.4, -0.2) is 41.6 Å². The number of hydrogen-bond donors (Lipinski definition) is 2. The van der Waals surface area contributed by atoms with Crippen LogP contribution in [-0.2, 0) is 4.79 Å². The number of amides is 2. The monoisotopic (exact) mass is 186 g/mol. The van der Waals surface area contributed by atoms with Crippen LogP contribution >= 0.6 is 0 Å². The topological polar surface area (TPSA) is 69.6 Å². The first-order valence-corrected chi connectivity index (χ1v) is 3.84. The zero-order chi connectivity index (χ0) is 10.4. The summed E-state index contributed by atoms with van der Waals surface area (Å²) >= 11 is 0. The third-order valence-corrected chi connectivity index (χ3v) is 1.46. The standard InChI is InChI=1S/C8H14N2O3/c1-4-5-10(3)8(13)9-6(2)7(11)12/h4,6H,1,5H2,2-3H3,(H,9,13)(H,11,12)/t6-/m0/s1. The van der Waals surface area contributed by atoms with Crippen molar-refractivity contribution in [3.05, 3.63) is 12.7 Å². The molecule has 0 aromatic carbocycles. The molecule has 0 spiro atoms. The quantitative estimate of drug-likeness (QED) is 0.620. The SMILES string of the molecule is C=CCN(C)C(=O)N[C@@H](C)C(=O)O. The van der Waals surface area contributed by atoms with E-state index >= 15 is 0 Å². The maximum Gasteiger partial charge on any atom is 0.325 e. The Morgan fingerprint density at radius 2 is 2.23 bits per heavy atom. The van der Waals surface area contributed by atoms with Crippen LogP contribution in [0, 0.1) is 0 Å². The minimum absolute atomic E-state index is 0.387. The highest BCUT2D eigenvalue weighted by Crippen LogP contribution is 1.88. The lowest BCUT2D eigenvalue weighted by molar-refractivity contribution is -0.138. The number of carboxylic acid groups (broad SMARTS) is 1. The first-order valence-electron chi connectivity index (χ1n) is 3.84. The Labute approximate surface area is 77.0 Å². The highest BCUT2D eigenvalue weighted by molar-refractivity contribution is 5.82. The van der Waals surface area contributed by atoms with E-state index in [0.717, 1.165) is 0 Å². The van der Waals surface area contributed by atoms with Crippen molar-refractivity contribution in [1.29, 1.82) is 0 Å². The Hall–Kier alpha value is -1.52. The fraction of sp³-hybridized carbons (Fsp3) is 0.500. The number of nitrogens with zero attached hydrogens (tertiary/aromatic N) is 1. The molecule has 0 aromatic heterocycles. The van der Waals surface area contributed by atoms with Crippen molar-refractivity contribution in [1.82, 2.24) is 10.2 Å². The van der Waals surface area contributed by atoms with Gasteiger partial charge in [-0.1, -0.05) is 6.08 Å². The molecular formula is C8H14N2O3. The number of aliphatic carboxylic acids is 1. The van der Waals surface area contributed by atoms with Gasteiger partial charge in [0.15, 0.2) is 0 Å². The molecule has 5 nitrogen and oxygen atoms in total. The van der Waals surface area contributed by atoms with Crippen molar-refractivity contribution in [2.24, 2.45) is 0 Å². The highest BCUT2D eigenvalue weighted by Gasteiger charge is 2.15. The molecule has 0 aliphatic heterocycles. The summed E-state index contributed by atoms with van der Waals surface area (Å²) in [6.45, 7) is 5.25. The molecule has 0 unspecified atom stereocenters. The molecule has 0 radical (unpaired) electrons. The predicted octanol–water partition coefficient (Wildman–Crippen LogP) is 0.287. The number of carboxylic acids is 1. The van der Waals surface area contributed by atoms with E-state index in [2.05, 4.69) is 11.9 Å². The Kier molecular flexibility index (Phi) is 4.58. The van der Waals surface area contributed by atoms with Crippen molar-refractivity contribution in [2.45, 2.75) is 13.0 Å². The van der Waals surface area contributed by atoms with Gasteiger partial charge in [-0.05, 0) is 6.92 Å². The zero-order valence-electron chi connectivity index (χ0n) is 7.78. The summed E-state index contributed by atoms with van der Waals surface area (Å²) in [5, 5.41) is 10.8. The molecule has 2 N–H and O–H groups in total. The van der Waals surface area contributed by atoms with Crippen LogP contribution in [0.4, 0.5) is 4.79 Å². The normalized spacial score (nSPS) is 11.5. The van der Waals surface area contributed by atoms with Crippen LogP contribution in [0.3, 0.4) is 0 Å². The van der Waals surface area contributed by atoms with Gasteiger partial charge in [-0.3, -0.25) is 4.79 Å². The number of urea groups is 1. The van der Waals surface area contributed by atoms with Gasteiger partial charge in [0.25, 0.3) is 0 Å². The van der Waals surface area contributed by atoms with E-state index in [1.807, 2.05) is 0 Å². The molecular weight excluding hydrogens is 172 g/mol. The molecule has 0 aliphatic rings. The number of rotatable bonds is 4. The number of carbonyl (C=O) groups is 2. The van der Waals surface area contributed by atoms with E-state index < -0.39 is 18.0 Å². The van der Waals surface area contributed by atoms with Gasteiger partial charge in [0.2, 0.25) is 0 Å². The van der Waals surface area contributed by atoms with Gasteiger partial charge in [-0.15, -0.1) is 6.58 Å². The second kappa shape index (κ2) is 5.18. The lowest BCUT2D eigenvalue weighted by Crippen LogP contribution is -2.45. The van der Waals surface area contributed by atoms with Crippen LogP contribution in [0.5, 0.6) is 0 Å². The van der Waals surface area contributed by atoms with Gasteiger partial charge in [-0.2, -0.15) is 0 Å². The van der Waals surface area contributed by atoms with Crippen LogP contribution in [0.25, 0.3) is 0 Å². The number of hydrogen-bond acceptors (Lipinski definition) is 2. The van der Waals surface area contributed by atoms with Crippen molar-refractivity contribution < 1.29 is 14.7 Å². The molecule has 0 saturated carbocycles. The third-order valence-electron chi connectivity index (χ3n) is 1.46. The molecule has 0 aliphatic carbocycles. The van der Waals surface area contributed by atoms with Gasteiger partial charge in [-0.25, -0.2) is 4.79 Å². The molecule has 1 atom stereocenters. The zero-order valence-corrected chi connectivity index (χ0v) is 7.78. The Bertz CT molecular complexity index is 215. The molecule has 0 rings (SSSR count). The summed E-state index contributed by atoms with van der Waals surface area (Å²) < 4.78 is 0. The number of likely N-dealkylation sites (N-methyl/N-ethyl adjacent to an activating group) is 1. The Morgan fingerprint density at radius 1 is 1.69 bits per heavy atom. The lowest BCUT2D eigenvalue weighted by Gasteiger charge is -2.17. The van der Waals surface area contributed by atoms with Crippen LogP contribution in [0.1, 0.15) is 6.92 Å². The molecule has 5 heteroatoms. The lowest BCUT2D eigenvalue weighted by atomic mass is 10.3. The largest absolute Gasteiger partial charge is 0.480 e. The van der Waals surface area contributed by atoms with Crippen molar-refractivity contribution in [3.8, 4) is 0 Å². The molecule has 74 valence electrons. The van der Waals surface area contributed by atoms with Gasteiger partial charge < -0.3 is 15.3 Å². The summed E-state index contributed by atoms with van der Waals surface area (Å²) in [5.74, 6) is -1.06. The van der Waals surface area contributed by atoms with E-state index in [9.17, 15) is 9.59 Å². The predicted molar refractivity (Wildman–Crippen MR) is 48.5 cm³/mol. The maximum absolute atomic E-state index is 11.2. The summed E-state index contributed by atoms with van der Waals surface area (Å²) in [5.41, 5.74) is 0. The summed E-state index contributed by atoms with van der Waals surface area (Å²) in [6.07, 6.45) is 1.56. The first-order chi connectivity index (χ1) is 5.99. The maximum atomic E-state index is 11.2. The van der Waals surface area contributed by atoms with Crippen LogP contribution < -0.4 is 5.32 Å². The first kappa shape index (κ1) is 11.5. The molecule has 0 saturated heterocycles. The molecule has 0 heterocycles. The highest BCUT2D eigenvalue weighted by atomic mass is 16.4. The molecule has 2 amide bonds. The molecule has 13 heavy (non-hydrogen) atoms. The van der Waals surface area contributed by atoms with Crippen molar-refractivity contribution >= 4 is 12.0 Å². The Balaban J connectivity index is 3.99.